The van der Waals surface area contributed by atoms with Crippen LogP contribution in [0.5, 0.6) is 0 Å². The number of amides is 3. The third-order valence-corrected chi connectivity index (χ3v) is 5.88. The zero-order valence-electron chi connectivity index (χ0n) is 17.3. The van der Waals surface area contributed by atoms with Gasteiger partial charge in [0.25, 0.3) is 17.7 Å². The second kappa shape index (κ2) is 7.79. The number of benzene rings is 2. The van der Waals surface area contributed by atoms with Gasteiger partial charge >= 0.3 is 0 Å². The molecular weight excluding hydrogens is 366 g/mol. The van der Waals surface area contributed by atoms with E-state index in [4.69, 9.17) is 5.73 Å². The van der Waals surface area contributed by atoms with E-state index in [0.717, 1.165) is 11.1 Å². The normalized spacial score (nSPS) is 13.6. The predicted octanol–water partition coefficient (Wildman–Crippen LogP) is 3.35. The average molecular weight is 393 g/mol. The van der Waals surface area contributed by atoms with Gasteiger partial charge in [0.2, 0.25) is 0 Å². The van der Waals surface area contributed by atoms with E-state index in [1.165, 1.54) is 11.0 Å². The van der Waals surface area contributed by atoms with Crippen LogP contribution in [0.2, 0.25) is 0 Å². The smallest absolute Gasteiger partial charge is 0.266 e. The van der Waals surface area contributed by atoms with E-state index in [2.05, 4.69) is 5.32 Å². The van der Waals surface area contributed by atoms with Crippen LogP contribution in [0.15, 0.2) is 36.4 Å². The molecule has 0 atom stereocenters. The van der Waals surface area contributed by atoms with Gasteiger partial charge < -0.3 is 11.1 Å². The van der Waals surface area contributed by atoms with Crippen molar-refractivity contribution in [3.63, 3.8) is 0 Å². The molecule has 0 bridgehead atoms. The fraction of sp³-hybridized carbons (Fsp3) is 0.348. The highest BCUT2D eigenvalue weighted by Gasteiger charge is 2.38. The number of fused-ring (bicyclic) bond motifs is 1. The lowest BCUT2D eigenvalue weighted by Gasteiger charge is -2.31. The summed E-state index contributed by atoms with van der Waals surface area (Å²) in [5.41, 5.74) is 8.65. The first kappa shape index (κ1) is 20.7. The van der Waals surface area contributed by atoms with E-state index >= 15 is 0 Å². The molecule has 0 fully saturated rings. The lowest BCUT2D eigenvalue weighted by molar-refractivity contribution is 0.0892. The molecule has 0 saturated heterocycles. The van der Waals surface area contributed by atoms with Crippen molar-refractivity contribution in [3.05, 3.63) is 64.2 Å². The zero-order chi connectivity index (χ0) is 21.3. The molecule has 3 N–H and O–H groups in total. The topological polar surface area (TPSA) is 92.5 Å². The summed E-state index contributed by atoms with van der Waals surface area (Å²) in [6.07, 6.45) is 1.41. The van der Waals surface area contributed by atoms with E-state index in [1.54, 1.807) is 12.1 Å². The van der Waals surface area contributed by atoms with Crippen LogP contribution < -0.4 is 16.0 Å². The van der Waals surface area contributed by atoms with Gasteiger partial charge in [0.05, 0.1) is 22.4 Å². The number of nitrogens with one attached hydrogen (secondary N) is 1. The minimum atomic E-state index is -0.485. The van der Waals surface area contributed by atoms with Gasteiger partial charge in [0, 0.05) is 12.1 Å². The van der Waals surface area contributed by atoms with Gasteiger partial charge in [-0.2, -0.15) is 0 Å². The number of imide groups is 1. The molecule has 0 radical (unpaired) electrons. The van der Waals surface area contributed by atoms with Gasteiger partial charge in [-0.1, -0.05) is 26.0 Å². The van der Waals surface area contributed by atoms with E-state index in [-0.39, 0.29) is 17.4 Å². The molecule has 29 heavy (non-hydrogen) atoms. The van der Waals surface area contributed by atoms with Gasteiger partial charge in [-0.05, 0) is 62.1 Å². The molecule has 0 saturated carbocycles. The van der Waals surface area contributed by atoms with Gasteiger partial charge in [0.15, 0.2) is 0 Å². The van der Waals surface area contributed by atoms with Crippen molar-refractivity contribution in [3.8, 4) is 0 Å². The largest absolute Gasteiger partial charge is 0.345 e. The lowest BCUT2D eigenvalue weighted by atomic mass is 9.92. The van der Waals surface area contributed by atoms with Gasteiger partial charge in [0.1, 0.15) is 0 Å². The van der Waals surface area contributed by atoms with Gasteiger partial charge in [-0.15, -0.1) is 0 Å². The number of hydrogen-bond acceptors (Lipinski definition) is 4. The maximum absolute atomic E-state index is 13.1. The first-order valence-corrected chi connectivity index (χ1v) is 9.89. The number of nitrogens with two attached hydrogens (primary N) is 1. The van der Waals surface area contributed by atoms with Crippen LogP contribution in [0.25, 0.3) is 0 Å². The van der Waals surface area contributed by atoms with Crippen LogP contribution in [0, 0.1) is 13.8 Å². The van der Waals surface area contributed by atoms with Crippen molar-refractivity contribution < 1.29 is 14.4 Å². The monoisotopic (exact) mass is 393 g/mol. The fourth-order valence-electron chi connectivity index (χ4n) is 3.64. The molecule has 1 aliphatic heterocycles. The number of carbonyl (C=O) groups is 3. The summed E-state index contributed by atoms with van der Waals surface area (Å²) >= 11 is 0. The second-order valence-electron chi connectivity index (χ2n) is 7.64. The quantitative estimate of drug-likeness (QED) is 0.736. The van der Waals surface area contributed by atoms with Crippen LogP contribution >= 0.6 is 0 Å². The van der Waals surface area contributed by atoms with Crippen LogP contribution in [-0.4, -0.2) is 29.8 Å². The Balaban J connectivity index is 1.95. The molecule has 6 nitrogen and oxygen atoms in total. The predicted molar refractivity (Wildman–Crippen MR) is 113 cm³/mol. The molecule has 0 spiro atoms. The Morgan fingerprint density at radius 2 is 1.66 bits per heavy atom. The van der Waals surface area contributed by atoms with Crippen molar-refractivity contribution >= 4 is 23.4 Å². The fourth-order valence-corrected chi connectivity index (χ4v) is 3.64. The standard InChI is InChI=1S/C23H27N3O3/c1-5-23(6-2,13-24)25-20(27)16-9-10-17-18(12-16)22(29)26(21(17)28)19-11-14(3)7-8-15(19)4/h7-12H,5-6,13,24H2,1-4H3,(H,25,27). The van der Waals surface area contributed by atoms with Crippen molar-refractivity contribution in [1.82, 2.24) is 5.32 Å². The molecule has 2 aromatic rings. The lowest BCUT2D eigenvalue weighted by Crippen LogP contribution is -2.52. The minimum Gasteiger partial charge on any atom is -0.345 e. The van der Waals surface area contributed by atoms with E-state index in [0.29, 0.717) is 36.2 Å². The summed E-state index contributed by atoms with van der Waals surface area (Å²) in [6.45, 7) is 8.05. The summed E-state index contributed by atoms with van der Waals surface area (Å²) in [5.74, 6) is -1.08. The minimum absolute atomic E-state index is 0.245. The molecule has 3 rings (SSSR count). The molecule has 1 aliphatic rings. The van der Waals surface area contributed by atoms with Crippen molar-refractivity contribution in [2.45, 2.75) is 46.1 Å². The van der Waals surface area contributed by atoms with Crippen molar-refractivity contribution in [2.75, 3.05) is 11.4 Å². The Bertz CT molecular complexity index is 985. The van der Waals surface area contributed by atoms with Crippen molar-refractivity contribution in [2.24, 2.45) is 5.73 Å². The number of nitrogens with zero attached hydrogens (tertiary/aromatic N) is 1. The summed E-state index contributed by atoms with van der Waals surface area (Å²) in [6, 6.07) is 10.3. The van der Waals surface area contributed by atoms with E-state index < -0.39 is 11.4 Å². The maximum atomic E-state index is 13.1. The average Bonchev–Trinajstić information content (AvgIpc) is 2.98. The Labute approximate surface area is 171 Å². The third kappa shape index (κ3) is 3.56. The van der Waals surface area contributed by atoms with Crippen LogP contribution in [0.3, 0.4) is 0 Å². The Hall–Kier alpha value is -2.99. The first-order valence-electron chi connectivity index (χ1n) is 9.89. The maximum Gasteiger partial charge on any atom is 0.266 e. The third-order valence-electron chi connectivity index (χ3n) is 5.88. The number of hydrogen-bond donors (Lipinski definition) is 2. The molecule has 2 aromatic carbocycles. The Morgan fingerprint density at radius 3 is 2.28 bits per heavy atom. The molecule has 152 valence electrons. The van der Waals surface area contributed by atoms with Crippen LogP contribution in [-0.2, 0) is 0 Å². The van der Waals surface area contributed by atoms with Crippen molar-refractivity contribution in [1.29, 1.82) is 0 Å². The number of rotatable bonds is 6. The Morgan fingerprint density at radius 1 is 1.00 bits per heavy atom. The molecule has 0 aliphatic carbocycles. The summed E-state index contributed by atoms with van der Waals surface area (Å²) in [7, 11) is 0. The summed E-state index contributed by atoms with van der Waals surface area (Å²) in [5, 5.41) is 3.00. The number of aryl methyl sites for hydroxylation is 2. The highest BCUT2D eigenvalue weighted by atomic mass is 16.2. The van der Waals surface area contributed by atoms with Gasteiger partial charge in [-0.3, -0.25) is 14.4 Å². The molecule has 0 unspecified atom stereocenters. The second-order valence-corrected chi connectivity index (χ2v) is 7.64. The number of anilines is 1. The first-order chi connectivity index (χ1) is 13.8. The molecule has 0 aromatic heterocycles. The Kier molecular flexibility index (Phi) is 5.57. The number of carbonyl (C=O) groups excluding carboxylic acids is 3. The SMILES string of the molecule is CCC(CC)(CN)NC(=O)c1ccc2c(c1)C(=O)N(c1cc(C)ccc1C)C2=O. The summed E-state index contributed by atoms with van der Waals surface area (Å²) in [4.78, 5) is 40.0. The zero-order valence-corrected chi connectivity index (χ0v) is 17.3. The molecule has 1 heterocycles. The highest BCUT2D eigenvalue weighted by Crippen LogP contribution is 2.32. The van der Waals surface area contributed by atoms with E-state index in [1.807, 2.05) is 45.9 Å². The highest BCUT2D eigenvalue weighted by molar-refractivity contribution is 6.35. The molecular formula is C23H27N3O3. The van der Waals surface area contributed by atoms with Gasteiger partial charge in [-0.25, -0.2) is 4.90 Å². The molecule has 3 amide bonds. The van der Waals surface area contributed by atoms with Crippen LogP contribution in [0.4, 0.5) is 5.69 Å². The molecule has 6 heteroatoms. The summed E-state index contributed by atoms with van der Waals surface area (Å²) < 4.78 is 0. The van der Waals surface area contributed by atoms with Crippen LogP contribution in [0.1, 0.15) is 68.9 Å². The van der Waals surface area contributed by atoms with E-state index in [9.17, 15) is 14.4 Å².